The van der Waals surface area contributed by atoms with Crippen molar-refractivity contribution < 1.29 is 14.1 Å². The van der Waals surface area contributed by atoms with Crippen LogP contribution in [0, 0.1) is 0 Å². The normalized spacial score (nSPS) is 20.6. The predicted molar refractivity (Wildman–Crippen MR) is 82.7 cm³/mol. The van der Waals surface area contributed by atoms with E-state index in [-0.39, 0.29) is 0 Å². The molecule has 1 saturated heterocycles. The number of rotatable bonds is 3. The lowest BCUT2D eigenvalue weighted by Crippen LogP contribution is -2.38. The van der Waals surface area contributed by atoms with E-state index in [9.17, 15) is 4.79 Å². The number of ether oxygens (including phenoxy) is 1. The second-order valence-corrected chi connectivity index (χ2v) is 6.84. The van der Waals surface area contributed by atoms with Crippen LogP contribution in [-0.4, -0.2) is 34.4 Å². The number of nitrogens with zero attached hydrogens (tertiary/aromatic N) is 3. The van der Waals surface area contributed by atoms with Gasteiger partial charge < -0.3 is 19.5 Å². The second-order valence-electron chi connectivity index (χ2n) is 6.84. The first-order chi connectivity index (χ1) is 10.3. The van der Waals surface area contributed by atoms with Crippen LogP contribution >= 0.6 is 0 Å². The third-order valence-corrected chi connectivity index (χ3v) is 3.59. The first-order valence-corrected chi connectivity index (χ1v) is 7.86. The van der Waals surface area contributed by atoms with Crippen molar-refractivity contribution in [1.29, 1.82) is 0 Å². The van der Waals surface area contributed by atoms with Crippen molar-refractivity contribution in [2.45, 2.75) is 71.6 Å². The molecule has 1 amide bonds. The predicted octanol–water partition coefficient (Wildman–Crippen LogP) is 3.03. The van der Waals surface area contributed by atoms with Gasteiger partial charge in [-0.2, -0.15) is 4.98 Å². The number of hydrogen-bond donors (Lipinski definition) is 1. The molecular formula is C15H26N4O3. The molecule has 0 aromatic carbocycles. The van der Waals surface area contributed by atoms with Gasteiger partial charge in [-0.05, 0) is 59.0 Å². The summed E-state index contributed by atoms with van der Waals surface area (Å²) in [6.45, 7) is 10.4. The Kier molecular flexibility index (Phi) is 4.93. The minimum absolute atomic E-state index is 0.388. The zero-order valence-electron chi connectivity index (χ0n) is 14.0. The Labute approximate surface area is 131 Å². The summed E-state index contributed by atoms with van der Waals surface area (Å²) in [4.78, 5) is 18.3. The van der Waals surface area contributed by atoms with Crippen molar-refractivity contribution >= 4 is 12.0 Å². The molecule has 1 aliphatic heterocycles. The lowest BCUT2D eigenvalue weighted by atomic mass is 10.0. The van der Waals surface area contributed by atoms with Crippen molar-refractivity contribution in [2.24, 2.45) is 0 Å². The van der Waals surface area contributed by atoms with Gasteiger partial charge in [-0.3, -0.25) is 0 Å². The third kappa shape index (κ3) is 4.35. The molecule has 2 heterocycles. The molecule has 0 aliphatic carbocycles. The van der Waals surface area contributed by atoms with E-state index >= 15 is 0 Å². The third-order valence-electron chi connectivity index (χ3n) is 3.59. The topological polar surface area (TPSA) is 80.5 Å². The molecule has 0 saturated carbocycles. The molecule has 1 aromatic heterocycles. The van der Waals surface area contributed by atoms with Crippen molar-refractivity contribution in [3.63, 3.8) is 0 Å². The Morgan fingerprint density at radius 2 is 2.18 bits per heavy atom. The Balaban J connectivity index is 1.97. The minimum atomic E-state index is -0.535. The second kappa shape index (κ2) is 6.54. The highest BCUT2D eigenvalue weighted by atomic mass is 16.6. The highest BCUT2D eigenvalue weighted by molar-refractivity contribution is 5.68. The zero-order chi connectivity index (χ0) is 16.3. The molecular weight excluding hydrogens is 284 g/mol. The molecule has 2 rings (SSSR count). The molecule has 2 atom stereocenters. The number of anilines is 1. The average molecular weight is 310 g/mol. The van der Waals surface area contributed by atoms with Crippen LogP contribution in [0.3, 0.4) is 0 Å². The lowest BCUT2D eigenvalue weighted by Gasteiger charge is -2.31. The fourth-order valence-electron chi connectivity index (χ4n) is 2.46. The van der Waals surface area contributed by atoms with E-state index in [1.165, 1.54) is 6.42 Å². The van der Waals surface area contributed by atoms with Crippen molar-refractivity contribution in [1.82, 2.24) is 15.5 Å². The van der Waals surface area contributed by atoms with Gasteiger partial charge in [0.1, 0.15) is 11.6 Å². The van der Waals surface area contributed by atoms with Gasteiger partial charge in [0.05, 0.1) is 0 Å². The van der Waals surface area contributed by atoms with E-state index in [1.54, 1.807) is 6.92 Å². The van der Waals surface area contributed by atoms with Gasteiger partial charge >= 0.3 is 6.09 Å². The van der Waals surface area contributed by atoms with E-state index in [0.29, 0.717) is 17.9 Å². The average Bonchev–Trinajstić information content (AvgIpc) is 2.86. The summed E-state index contributed by atoms with van der Waals surface area (Å²) >= 11 is 0. The number of amides is 1. The van der Waals surface area contributed by atoms with E-state index in [4.69, 9.17) is 9.26 Å². The van der Waals surface area contributed by atoms with Crippen molar-refractivity contribution in [2.75, 3.05) is 11.4 Å². The van der Waals surface area contributed by atoms with Gasteiger partial charge in [-0.25, -0.2) is 4.79 Å². The van der Waals surface area contributed by atoms with Crippen LogP contribution < -0.4 is 10.2 Å². The summed E-state index contributed by atoms with van der Waals surface area (Å²) in [7, 11) is 0. The number of hydrogen-bond acceptors (Lipinski definition) is 6. The lowest BCUT2D eigenvalue weighted by molar-refractivity contribution is 0.0499. The maximum Gasteiger partial charge on any atom is 0.408 e. The fraction of sp³-hybridized carbons (Fsp3) is 0.800. The number of carbonyl (C=O) groups excluding carboxylic acids is 1. The summed E-state index contributed by atoms with van der Waals surface area (Å²) in [5, 5.41) is 6.75. The number of piperidine rings is 1. The van der Waals surface area contributed by atoms with Gasteiger partial charge in [-0.15, -0.1) is 0 Å². The smallest absolute Gasteiger partial charge is 0.408 e. The van der Waals surface area contributed by atoms with Gasteiger partial charge in [0.25, 0.3) is 11.8 Å². The first kappa shape index (κ1) is 16.6. The van der Waals surface area contributed by atoms with Gasteiger partial charge in [-0.1, -0.05) is 0 Å². The highest BCUT2D eigenvalue weighted by Gasteiger charge is 2.25. The zero-order valence-corrected chi connectivity index (χ0v) is 14.0. The summed E-state index contributed by atoms with van der Waals surface area (Å²) in [6, 6.07) is 0.0181. The van der Waals surface area contributed by atoms with Crippen LogP contribution in [0.25, 0.3) is 0 Å². The van der Waals surface area contributed by atoms with E-state index in [1.807, 2.05) is 20.8 Å². The number of alkyl carbamates (subject to hydrolysis) is 1. The molecule has 7 nitrogen and oxygen atoms in total. The number of carbonyl (C=O) groups is 1. The summed E-state index contributed by atoms with van der Waals surface area (Å²) < 4.78 is 10.5. The Morgan fingerprint density at radius 3 is 2.82 bits per heavy atom. The number of nitrogens with one attached hydrogen (secondary N) is 1. The maximum absolute atomic E-state index is 11.8. The monoisotopic (exact) mass is 310 g/mol. The van der Waals surface area contributed by atoms with Crippen molar-refractivity contribution in [3.05, 3.63) is 5.89 Å². The Hall–Kier alpha value is -1.79. The van der Waals surface area contributed by atoms with Crippen LogP contribution in [0.15, 0.2) is 4.52 Å². The first-order valence-electron chi connectivity index (χ1n) is 7.86. The van der Waals surface area contributed by atoms with E-state index < -0.39 is 17.7 Å². The fourth-order valence-corrected chi connectivity index (χ4v) is 2.46. The van der Waals surface area contributed by atoms with E-state index in [0.717, 1.165) is 19.4 Å². The van der Waals surface area contributed by atoms with Crippen LogP contribution in [0.5, 0.6) is 0 Å². The van der Waals surface area contributed by atoms with Gasteiger partial charge in [0.2, 0.25) is 0 Å². The molecule has 0 radical (unpaired) electrons. The number of aromatic nitrogens is 2. The molecule has 1 aliphatic rings. The van der Waals surface area contributed by atoms with Gasteiger partial charge in [0.15, 0.2) is 0 Å². The molecule has 22 heavy (non-hydrogen) atoms. The summed E-state index contributed by atoms with van der Waals surface area (Å²) in [5.41, 5.74) is -0.535. The summed E-state index contributed by atoms with van der Waals surface area (Å²) in [6.07, 6.45) is 3.01. The molecule has 7 heteroatoms. The van der Waals surface area contributed by atoms with Crippen LogP contribution in [0.2, 0.25) is 0 Å². The standard InChI is InChI=1S/C15H26N4O3/c1-10-8-6-7-9-19(10)13-17-12(22-18-13)11(2)16-14(20)21-15(3,4)5/h10-11H,6-9H2,1-5H3,(H,16,20)/t10-,11-/m0/s1. The van der Waals surface area contributed by atoms with E-state index in [2.05, 4.69) is 27.3 Å². The highest BCUT2D eigenvalue weighted by Crippen LogP contribution is 2.23. The minimum Gasteiger partial charge on any atom is -0.444 e. The molecule has 1 fully saturated rings. The Morgan fingerprint density at radius 1 is 1.45 bits per heavy atom. The molecule has 0 bridgehead atoms. The van der Waals surface area contributed by atoms with Crippen LogP contribution in [0.1, 0.15) is 65.8 Å². The largest absolute Gasteiger partial charge is 0.444 e. The summed E-state index contributed by atoms with van der Waals surface area (Å²) in [5.74, 6) is 0.985. The molecule has 1 N–H and O–H groups in total. The molecule has 0 spiro atoms. The maximum atomic E-state index is 11.8. The Bertz CT molecular complexity index is 509. The molecule has 0 unspecified atom stereocenters. The molecule has 124 valence electrons. The van der Waals surface area contributed by atoms with Crippen molar-refractivity contribution in [3.8, 4) is 0 Å². The molecule has 1 aromatic rings. The van der Waals surface area contributed by atoms with Crippen LogP contribution in [-0.2, 0) is 4.74 Å². The van der Waals surface area contributed by atoms with Crippen LogP contribution in [0.4, 0.5) is 10.7 Å². The SMILES string of the molecule is C[C@H](NC(=O)OC(C)(C)C)c1nc(N2CCCC[C@@H]2C)no1. The quantitative estimate of drug-likeness (QED) is 0.924. The van der Waals surface area contributed by atoms with Gasteiger partial charge in [0, 0.05) is 12.6 Å².